The standard InChI is InChI=1S/C32H43N3O11S/c1-32(2,11-12-33-29(38)17-36)19-34(47(41,42)22-8-9-27-28(15-22)46-20-45-27)16-26(37)24(14-21-6-4-3-5-7-21)35(31(39)40)25-18-44-30-23(25)10-13-43-30/h3-9,15,23-26,30,36-37H,10-14,16-20H2,1-2H3,(H,33,38)(H,39,40)/t23-,24-,25-,26+,30+/m0/s1. The Hall–Kier alpha value is -3.47. The predicted molar refractivity (Wildman–Crippen MR) is 167 cm³/mol. The second-order valence-electron chi connectivity index (χ2n) is 12.8. The number of carbonyl (C=O) groups is 2. The lowest BCUT2D eigenvalue weighted by Crippen LogP contribution is -2.58. The van der Waals surface area contributed by atoms with Gasteiger partial charge < -0.3 is 39.6 Å². The van der Waals surface area contributed by atoms with Crippen LogP contribution >= 0.6 is 0 Å². The summed E-state index contributed by atoms with van der Waals surface area (Å²) in [7, 11) is -4.28. The van der Waals surface area contributed by atoms with Gasteiger partial charge in [0.05, 0.1) is 36.3 Å². The van der Waals surface area contributed by atoms with E-state index in [2.05, 4.69) is 5.32 Å². The van der Waals surface area contributed by atoms with Crippen molar-refractivity contribution in [2.75, 3.05) is 46.2 Å². The molecule has 0 radical (unpaired) electrons. The summed E-state index contributed by atoms with van der Waals surface area (Å²) in [5, 5.41) is 34.2. The number of aliphatic hydroxyl groups excluding tert-OH is 2. The molecule has 15 heteroatoms. The Morgan fingerprint density at radius 3 is 2.55 bits per heavy atom. The highest BCUT2D eigenvalue weighted by Crippen LogP contribution is 2.38. The van der Waals surface area contributed by atoms with Crippen LogP contribution in [0.2, 0.25) is 0 Å². The van der Waals surface area contributed by atoms with E-state index in [9.17, 15) is 28.2 Å². The van der Waals surface area contributed by atoms with Gasteiger partial charge in [0.2, 0.25) is 22.7 Å². The van der Waals surface area contributed by atoms with E-state index in [1.165, 1.54) is 23.1 Å². The second kappa shape index (κ2) is 14.7. The maximum absolute atomic E-state index is 14.3. The van der Waals surface area contributed by atoms with E-state index >= 15 is 0 Å². The third-order valence-electron chi connectivity index (χ3n) is 8.92. The molecule has 4 N–H and O–H groups in total. The van der Waals surface area contributed by atoms with Crippen LogP contribution in [0, 0.1) is 11.3 Å². The van der Waals surface area contributed by atoms with Crippen molar-refractivity contribution in [1.82, 2.24) is 14.5 Å². The molecule has 0 spiro atoms. The molecule has 2 aromatic rings. The molecule has 2 saturated heterocycles. The predicted octanol–water partition coefficient (Wildman–Crippen LogP) is 1.64. The molecule has 3 heterocycles. The van der Waals surface area contributed by atoms with Crippen LogP contribution in [-0.4, -0.2) is 116 Å². The molecule has 0 unspecified atom stereocenters. The number of amides is 2. The van der Waals surface area contributed by atoms with Gasteiger partial charge in [-0.15, -0.1) is 0 Å². The largest absolute Gasteiger partial charge is 0.465 e. The summed E-state index contributed by atoms with van der Waals surface area (Å²) >= 11 is 0. The number of ether oxygens (including phenoxy) is 4. The van der Waals surface area contributed by atoms with E-state index in [1.807, 2.05) is 44.2 Å². The number of sulfonamides is 1. The number of nitrogens with zero attached hydrogens (tertiary/aromatic N) is 2. The van der Waals surface area contributed by atoms with Crippen molar-refractivity contribution < 1.29 is 52.3 Å². The molecule has 2 amide bonds. The third kappa shape index (κ3) is 8.16. The van der Waals surface area contributed by atoms with Crippen LogP contribution in [0.15, 0.2) is 53.4 Å². The van der Waals surface area contributed by atoms with Crippen LogP contribution < -0.4 is 14.8 Å². The third-order valence-corrected chi connectivity index (χ3v) is 10.7. The Labute approximate surface area is 274 Å². The minimum Gasteiger partial charge on any atom is -0.465 e. The Bertz CT molecular complexity index is 1510. The van der Waals surface area contributed by atoms with Crippen LogP contribution in [-0.2, 0) is 30.7 Å². The van der Waals surface area contributed by atoms with Gasteiger partial charge in [-0.2, -0.15) is 4.31 Å². The molecule has 3 aliphatic rings. The summed E-state index contributed by atoms with van der Waals surface area (Å²) in [5.74, 6) is -0.0999. The van der Waals surface area contributed by atoms with Gasteiger partial charge in [-0.25, -0.2) is 13.2 Å². The summed E-state index contributed by atoms with van der Waals surface area (Å²) < 4.78 is 52.0. The number of fused-ring (bicyclic) bond motifs is 2. The van der Waals surface area contributed by atoms with Crippen molar-refractivity contribution in [3.8, 4) is 11.5 Å². The van der Waals surface area contributed by atoms with Gasteiger partial charge >= 0.3 is 6.09 Å². The monoisotopic (exact) mass is 677 g/mol. The van der Waals surface area contributed by atoms with E-state index < -0.39 is 65.1 Å². The maximum atomic E-state index is 14.3. The maximum Gasteiger partial charge on any atom is 0.407 e. The normalized spacial score (nSPS) is 21.8. The summed E-state index contributed by atoms with van der Waals surface area (Å²) in [6, 6.07) is 11.8. The molecule has 5 atom stereocenters. The van der Waals surface area contributed by atoms with Gasteiger partial charge in [-0.3, -0.25) is 9.69 Å². The number of hydrogen-bond donors (Lipinski definition) is 4. The van der Waals surface area contributed by atoms with Crippen molar-refractivity contribution in [2.24, 2.45) is 11.3 Å². The number of carbonyl (C=O) groups excluding carboxylic acids is 1. The van der Waals surface area contributed by atoms with Crippen molar-refractivity contribution in [1.29, 1.82) is 0 Å². The molecule has 0 aliphatic carbocycles. The lowest BCUT2D eigenvalue weighted by atomic mass is 9.89. The van der Waals surface area contributed by atoms with Crippen molar-refractivity contribution >= 4 is 22.0 Å². The van der Waals surface area contributed by atoms with Gasteiger partial charge in [0, 0.05) is 31.6 Å². The van der Waals surface area contributed by atoms with Gasteiger partial charge in [0.1, 0.15) is 6.61 Å². The van der Waals surface area contributed by atoms with E-state index in [0.717, 1.165) is 9.87 Å². The Kier molecular flexibility index (Phi) is 10.9. The minimum absolute atomic E-state index is 0.0438. The SMILES string of the molecule is CC(C)(CCNC(=O)CO)CN(C[C@@H](O)[C@H](Cc1ccccc1)N(C(=O)O)[C@H]1CO[C@H]2OCC[C@H]21)S(=O)(=O)c1ccc2c(c1)OCO2. The van der Waals surface area contributed by atoms with E-state index in [4.69, 9.17) is 24.1 Å². The first-order chi connectivity index (χ1) is 22.4. The van der Waals surface area contributed by atoms with Crippen molar-refractivity contribution in [2.45, 2.75) is 62.5 Å². The highest BCUT2D eigenvalue weighted by Gasteiger charge is 2.49. The van der Waals surface area contributed by atoms with E-state index in [-0.39, 0.29) is 49.5 Å². The van der Waals surface area contributed by atoms with E-state index in [1.54, 1.807) is 0 Å². The fraction of sp³-hybridized carbons (Fsp3) is 0.562. The van der Waals surface area contributed by atoms with Crippen LogP contribution in [0.5, 0.6) is 11.5 Å². The number of aliphatic hydroxyl groups is 2. The highest BCUT2D eigenvalue weighted by molar-refractivity contribution is 7.89. The van der Waals surface area contributed by atoms with E-state index in [0.29, 0.717) is 25.2 Å². The number of nitrogens with one attached hydrogen (secondary N) is 1. The molecule has 0 aromatic heterocycles. The average molecular weight is 678 g/mol. The van der Waals surface area contributed by atoms with Gasteiger partial charge in [-0.1, -0.05) is 44.2 Å². The Balaban J connectivity index is 1.47. The lowest BCUT2D eigenvalue weighted by molar-refractivity contribution is -0.123. The molecule has 14 nitrogen and oxygen atoms in total. The smallest absolute Gasteiger partial charge is 0.407 e. The quantitative estimate of drug-likeness (QED) is 0.215. The topological polar surface area (TPSA) is 184 Å². The lowest BCUT2D eigenvalue weighted by Gasteiger charge is -2.40. The molecule has 2 aromatic carbocycles. The molecule has 0 saturated carbocycles. The van der Waals surface area contributed by atoms with Crippen molar-refractivity contribution in [3.05, 3.63) is 54.1 Å². The number of hydrogen-bond acceptors (Lipinski definition) is 10. The Morgan fingerprint density at radius 1 is 1.09 bits per heavy atom. The Morgan fingerprint density at radius 2 is 1.83 bits per heavy atom. The zero-order valence-corrected chi connectivity index (χ0v) is 27.3. The van der Waals surface area contributed by atoms with Crippen molar-refractivity contribution in [3.63, 3.8) is 0 Å². The minimum atomic E-state index is -4.28. The van der Waals surface area contributed by atoms with Crippen LogP contribution in [0.3, 0.4) is 0 Å². The molecule has 47 heavy (non-hydrogen) atoms. The number of rotatable bonds is 15. The zero-order chi connectivity index (χ0) is 33.8. The van der Waals surface area contributed by atoms with Gasteiger partial charge in [-0.05, 0) is 42.4 Å². The number of carboxylic acid groups (broad SMARTS) is 1. The average Bonchev–Trinajstić information content (AvgIpc) is 3.79. The number of benzene rings is 2. The molecule has 3 aliphatic heterocycles. The molecular weight excluding hydrogens is 634 g/mol. The fourth-order valence-corrected chi connectivity index (χ4v) is 8.11. The summed E-state index contributed by atoms with van der Waals surface area (Å²) in [5.41, 5.74) is 0.0483. The second-order valence-corrected chi connectivity index (χ2v) is 14.8. The summed E-state index contributed by atoms with van der Waals surface area (Å²) in [4.78, 5) is 25.7. The van der Waals surface area contributed by atoms with Gasteiger partial charge in [0.15, 0.2) is 17.8 Å². The first-order valence-corrected chi connectivity index (χ1v) is 17.1. The molecule has 5 rings (SSSR count). The molecular formula is C32H43N3O11S. The summed E-state index contributed by atoms with van der Waals surface area (Å²) in [6.07, 6.45) is -2.18. The van der Waals surface area contributed by atoms with Gasteiger partial charge in [0.25, 0.3) is 0 Å². The van der Waals surface area contributed by atoms with Crippen LogP contribution in [0.25, 0.3) is 0 Å². The first-order valence-electron chi connectivity index (χ1n) is 15.6. The van der Waals surface area contributed by atoms with Crippen LogP contribution in [0.4, 0.5) is 4.79 Å². The summed E-state index contributed by atoms with van der Waals surface area (Å²) in [6.45, 7) is 3.14. The first kappa shape index (κ1) is 34.9. The molecule has 2 fully saturated rings. The molecule has 0 bridgehead atoms. The fourth-order valence-electron chi connectivity index (χ4n) is 6.45. The molecule has 258 valence electrons. The highest BCUT2D eigenvalue weighted by atomic mass is 32.2. The zero-order valence-electron chi connectivity index (χ0n) is 26.5. The van der Waals surface area contributed by atoms with Crippen LogP contribution in [0.1, 0.15) is 32.3 Å².